The predicted molar refractivity (Wildman–Crippen MR) is 63.5 cm³/mol. The first kappa shape index (κ1) is 11.1. The highest BCUT2D eigenvalue weighted by atomic mass is 79.9. The molecule has 0 aliphatic rings. The number of hydrogen-bond acceptors (Lipinski definition) is 4. The molecule has 2 rings (SSSR count). The Labute approximate surface area is 102 Å². The van der Waals surface area contributed by atoms with Gasteiger partial charge in [-0.25, -0.2) is 0 Å². The fourth-order valence-corrected chi connectivity index (χ4v) is 1.78. The number of halogens is 1. The Morgan fingerprint density at radius 2 is 2.31 bits per heavy atom. The Morgan fingerprint density at radius 1 is 1.44 bits per heavy atom. The van der Waals surface area contributed by atoms with Crippen molar-refractivity contribution < 1.29 is 9.26 Å². The Balaban J connectivity index is 2.48. The average Bonchev–Trinajstić information content (AvgIpc) is 2.74. The van der Waals surface area contributed by atoms with E-state index in [1.807, 2.05) is 25.1 Å². The van der Waals surface area contributed by atoms with Crippen LogP contribution in [0.4, 0.5) is 0 Å². The average molecular weight is 283 g/mol. The highest BCUT2D eigenvalue weighted by molar-refractivity contribution is 9.08. The third kappa shape index (κ3) is 2.09. The van der Waals surface area contributed by atoms with E-state index in [2.05, 4.69) is 26.1 Å². The molecular weight excluding hydrogens is 272 g/mol. The molecule has 0 atom stereocenters. The minimum atomic E-state index is 0.496. The lowest BCUT2D eigenvalue weighted by atomic mass is 10.2. The second-order valence-corrected chi connectivity index (χ2v) is 3.63. The predicted octanol–water partition coefficient (Wildman–Crippen LogP) is 3.03. The topological polar surface area (TPSA) is 48.2 Å². The van der Waals surface area contributed by atoms with Gasteiger partial charge in [-0.15, -0.1) is 0 Å². The molecule has 0 fully saturated rings. The van der Waals surface area contributed by atoms with Crippen LogP contribution in [0.5, 0.6) is 5.88 Å². The van der Waals surface area contributed by atoms with Crippen molar-refractivity contribution in [1.29, 1.82) is 0 Å². The molecule has 16 heavy (non-hydrogen) atoms. The normalized spacial score (nSPS) is 10.4. The molecule has 0 aromatic carbocycles. The van der Waals surface area contributed by atoms with Crippen LogP contribution in [0, 0.1) is 0 Å². The van der Waals surface area contributed by atoms with Crippen molar-refractivity contribution in [2.24, 2.45) is 0 Å². The van der Waals surface area contributed by atoms with E-state index >= 15 is 0 Å². The number of pyridine rings is 1. The van der Waals surface area contributed by atoms with Crippen molar-refractivity contribution in [2.75, 3.05) is 6.61 Å². The molecule has 0 aliphatic carbocycles. The van der Waals surface area contributed by atoms with Crippen LogP contribution in [0.25, 0.3) is 11.3 Å². The van der Waals surface area contributed by atoms with Crippen molar-refractivity contribution in [3.63, 3.8) is 0 Å². The maximum Gasteiger partial charge on any atom is 0.263 e. The van der Waals surface area contributed by atoms with E-state index in [9.17, 15) is 0 Å². The first-order valence-electron chi connectivity index (χ1n) is 4.95. The van der Waals surface area contributed by atoms with Crippen molar-refractivity contribution in [3.8, 4) is 17.1 Å². The van der Waals surface area contributed by atoms with Crippen LogP contribution >= 0.6 is 15.9 Å². The Hall–Kier alpha value is -1.36. The molecule has 0 saturated carbocycles. The highest BCUT2D eigenvalue weighted by Crippen LogP contribution is 2.32. The summed E-state index contributed by atoms with van der Waals surface area (Å²) < 4.78 is 10.6. The lowest BCUT2D eigenvalue weighted by molar-refractivity contribution is 0.291. The molecular formula is C11H11BrN2O2. The van der Waals surface area contributed by atoms with Crippen molar-refractivity contribution in [3.05, 3.63) is 30.2 Å². The van der Waals surface area contributed by atoms with E-state index < -0.39 is 0 Å². The zero-order valence-corrected chi connectivity index (χ0v) is 10.4. The summed E-state index contributed by atoms with van der Waals surface area (Å²) in [5, 5.41) is 4.47. The fourth-order valence-electron chi connectivity index (χ4n) is 1.40. The van der Waals surface area contributed by atoms with Crippen molar-refractivity contribution >= 4 is 15.9 Å². The Kier molecular flexibility index (Phi) is 3.56. The van der Waals surface area contributed by atoms with Crippen LogP contribution in [0.2, 0.25) is 0 Å². The minimum absolute atomic E-state index is 0.496. The lowest BCUT2D eigenvalue weighted by Crippen LogP contribution is -1.94. The summed E-state index contributed by atoms with van der Waals surface area (Å²) in [6.45, 7) is 2.46. The fraction of sp³-hybridized carbons (Fsp3) is 0.273. The maximum atomic E-state index is 5.41. The van der Waals surface area contributed by atoms with E-state index in [0.717, 1.165) is 17.0 Å². The first-order valence-corrected chi connectivity index (χ1v) is 6.07. The van der Waals surface area contributed by atoms with Gasteiger partial charge in [0.15, 0.2) is 5.76 Å². The third-order valence-corrected chi connectivity index (χ3v) is 2.56. The summed E-state index contributed by atoms with van der Waals surface area (Å²) in [7, 11) is 0. The number of aromatic nitrogens is 2. The monoisotopic (exact) mass is 282 g/mol. The van der Waals surface area contributed by atoms with Gasteiger partial charge in [0, 0.05) is 6.20 Å². The molecule has 0 bridgehead atoms. The molecule has 2 heterocycles. The lowest BCUT2D eigenvalue weighted by Gasteiger charge is -2.02. The van der Waals surface area contributed by atoms with E-state index in [4.69, 9.17) is 9.26 Å². The SMILES string of the molecule is CCOc1noc(CBr)c1-c1ccccn1. The highest BCUT2D eigenvalue weighted by Gasteiger charge is 2.18. The molecule has 4 nitrogen and oxygen atoms in total. The molecule has 0 spiro atoms. The van der Waals surface area contributed by atoms with Crippen molar-refractivity contribution in [1.82, 2.24) is 10.1 Å². The molecule has 0 aliphatic heterocycles. The second-order valence-electron chi connectivity index (χ2n) is 3.07. The van der Waals surface area contributed by atoms with E-state index in [1.54, 1.807) is 6.20 Å². The molecule has 84 valence electrons. The van der Waals surface area contributed by atoms with Gasteiger partial charge in [-0.2, -0.15) is 0 Å². The quantitative estimate of drug-likeness (QED) is 0.809. The van der Waals surface area contributed by atoms with Crippen LogP contribution in [0.1, 0.15) is 12.7 Å². The first-order chi connectivity index (χ1) is 7.86. The zero-order chi connectivity index (χ0) is 11.4. The Morgan fingerprint density at radius 3 is 2.94 bits per heavy atom. The summed E-state index contributed by atoms with van der Waals surface area (Å²) in [5.74, 6) is 1.22. The van der Waals surface area contributed by atoms with Crippen LogP contribution in [-0.4, -0.2) is 16.7 Å². The largest absolute Gasteiger partial charge is 0.475 e. The third-order valence-electron chi connectivity index (χ3n) is 2.05. The molecule has 2 aromatic rings. The van der Waals surface area contributed by atoms with E-state index in [-0.39, 0.29) is 0 Å². The molecule has 0 N–H and O–H groups in total. The molecule has 0 radical (unpaired) electrons. The van der Waals surface area contributed by atoms with Crippen LogP contribution in [0.3, 0.4) is 0 Å². The smallest absolute Gasteiger partial charge is 0.263 e. The van der Waals surface area contributed by atoms with E-state index in [0.29, 0.717) is 17.8 Å². The zero-order valence-electron chi connectivity index (χ0n) is 8.81. The van der Waals surface area contributed by atoms with E-state index in [1.165, 1.54) is 0 Å². The second kappa shape index (κ2) is 5.12. The van der Waals surface area contributed by atoms with Gasteiger partial charge >= 0.3 is 0 Å². The van der Waals surface area contributed by atoms with Gasteiger partial charge in [-0.1, -0.05) is 22.0 Å². The number of alkyl halides is 1. The van der Waals surface area contributed by atoms with Crippen LogP contribution in [0.15, 0.2) is 28.9 Å². The van der Waals surface area contributed by atoms with Crippen molar-refractivity contribution in [2.45, 2.75) is 12.3 Å². The van der Waals surface area contributed by atoms with Gasteiger partial charge in [-0.3, -0.25) is 4.98 Å². The summed E-state index contributed by atoms with van der Waals surface area (Å²) in [4.78, 5) is 4.27. The summed E-state index contributed by atoms with van der Waals surface area (Å²) in [6.07, 6.45) is 1.73. The molecule has 0 amide bonds. The van der Waals surface area contributed by atoms with Crippen LogP contribution in [-0.2, 0) is 5.33 Å². The molecule has 0 saturated heterocycles. The van der Waals surface area contributed by atoms with Gasteiger partial charge in [-0.05, 0) is 24.2 Å². The van der Waals surface area contributed by atoms with Gasteiger partial charge in [0.2, 0.25) is 0 Å². The molecule has 5 heteroatoms. The van der Waals surface area contributed by atoms with Gasteiger partial charge in [0.25, 0.3) is 5.88 Å². The van der Waals surface area contributed by atoms with Crippen LogP contribution < -0.4 is 4.74 Å². The summed E-state index contributed by atoms with van der Waals surface area (Å²) in [6, 6.07) is 5.69. The molecule has 2 aromatic heterocycles. The number of hydrogen-bond donors (Lipinski definition) is 0. The van der Waals surface area contributed by atoms with Gasteiger partial charge < -0.3 is 9.26 Å². The Bertz CT molecular complexity index is 456. The molecule has 0 unspecified atom stereocenters. The number of rotatable bonds is 4. The summed E-state index contributed by atoms with van der Waals surface area (Å²) in [5.41, 5.74) is 1.63. The van der Waals surface area contributed by atoms with Gasteiger partial charge in [0.05, 0.1) is 17.6 Å². The number of ether oxygens (including phenoxy) is 1. The standard InChI is InChI=1S/C11H11BrN2O2/c1-2-15-11-10(9(7-12)16-14-11)8-5-3-4-6-13-8/h3-6H,2,7H2,1H3. The number of nitrogens with zero attached hydrogens (tertiary/aromatic N) is 2. The van der Waals surface area contributed by atoms with Gasteiger partial charge in [0.1, 0.15) is 5.56 Å². The maximum absolute atomic E-state index is 5.41. The summed E-state index contributed by atoms with van der Waals surface area (Å²) >= 11 is 3.35. The minimum Gasteiger partial charge on any atom is -0.475 e.